The van der Waals surface area contributed by atoms with Gasteiger partial charge in [0.05, 0.1) is 11.3 Å². The Hall–Kier alpha value is -2.37. The number of rotatable bonds is 2. The van der Waals surface area contributed by atoms with Crippen molar-refractivity contribution in [1.29, 1.82) is 0 Å². The van der Waals surface area contributed by atoms with Gasteiger partial charge in [0.25, 0.3) is 5.91 Å². The molecule has 0 aliphatic heterocycles. The number of anilines is 1. The molecule has 19 heavy (non-hydrogen) atoms. The Labute approximate surface area is 111 Å². The van der Waals surface area contributed by atoms with E-state index >= 15 is 0 Å². The molecule has 1 aromatic rings. The molecule has 3 amide bonds. The number of primary amides is 1. The maximum atomic E-state index is 11.7. The number of nitrogens with one attached hydrogen (secondary N) is 2. The molecule has 102 valence electrons. The van der Waals surface area contributed by atoms with Crippen molar-refractivity contribution in [2.45, 2.75) is 26.3 Å². The summed E-state index contributed by atoms with van der Waals surface area (Å²) in [5.74, 6) is -2.29. The highest BCUT2D eigenvalue weighted by Crippen LogP contribution is 2.14. The molecule has 0 saturated heterocycles. The molecule has 0 aliphatic rings. The van der Waals surface area contributed by atoms with Crippen LogP contribution in [0.4, 0.5) is 5.69 Å². The Morgan fingerprint density at radius 2 is 1.63 bits per heavy atom. The van der Waals surface area contributed by atoms with Crippen molar-refractivity contribution < 1.29 is 14.4 Å². The van der Waals surface area contributed by atoms with Crippen LogP contribution >= 0.6 is 0 Å². The summed E-state index contributed by atoms with van der Waals surface area (Å²) in [5.41, 5.74) is 5.03. The summed E-state index contributed by atoms with van der Waals surface area (Å²) >= 11 is 0. The maximum absolute atomic E-state index is 11.7. The molecule has 0 spiro atoms. The minimum atomic E-state index is -0.844. The smallest absolute Gasteiger partial charge is 0.313 e. The fraction of sp³-hybridized carbons (Fsp3) is 0.308. The Balaban J connectivity index is 2.83. The summed E-state index contributed by atoms with van der Waals surface area (Å²) < 4.78 is 0. The second kappa shape index (κ2) is 5.51. The van der Waals surface area contributed by atoms with Gasteiger partial charge < -0.3 is 16.4 Å². The highest BCUT2D eigenvalue weighted by atomic mass is 16.2. The van der Waals surface area contributed by atoms with Crippen LogP contribution in [0.5, 0.6) is 0 Å². The van der Waals surface area contributed by atoms with Gasteiger partial charge in [-0.1, -0.05) is 12.1 Å². The summed E-state index contributed by atoms with van der Waals surface area (Å²) in [6, 6.07) is 6.22. The third-order valence-corrected chi connectivity index (χ3v) is 2.14. The van der Waals surface area contributed by atoms with Crippen molar-refractivity contribution in [1.82, 2.24) is 5.32 Å². The van der Waals surface area contributed by atoms with Gasteiger partial charge in [-0.15, -0.1) is 0 Å². The van der Waals surface area contributed by atoms with Crippen LogP contribution in [-0.4, -0.2) is 23.3 Å². The summed E-state index contributed by atoms with van der Waals surface area (Å²) in [7, 11) is 0. The molecule has 0 aromatic heterocycles. The van der Waals surface area contributed by atoms with Gasteiger partial charge >= 0.3 is 11.8 Å². The minimum Gasteiger partial charge on any atom is -0.366 e. The second-order valence-electron chi connectivity index (χ2n) is 5.07. The van der Waals surface area contributed by atoms with Crippen LogP contribution in [0.3, 0.4) is 0 Å². The molecule has 0 bridgehead atoms. The molecular weight excluding hydrogens is 246 g/mol. The summed E-state index contributed by atoms with van der Waals surface area (Å²) in [6.45, 7) is 5.28. The van der Waals surface area contributed by atoms with Gasteiger partial charge in [0.1, 0.15) is 0 Å². The average molecular weight is 263 g/mol. The van der Waals surface area contributed by atoms with E-state index in [-0.39, 0.29) is 11.3 Å². The van der Waals surface area contributed by atoms with E-state index in [2.05, 4.69) is 10.6 Å². The van der Waals surface area contributed by atoms with E-state index in [0.717, 1.165) is 0 Å². The van der Waals surface area contributed by atoms with E-state index in [9.17, 15) is 14.4 Å². The van der Waals surface area contributed by atoms with Gasteiger partial charge in [0, 0.05) is 5.54 Å². The Bertz CT molecular complexity index is 518. The summed E-state index contributed by atoms with van der Waals surface area (Å²) in [6.07, 6.45) is 0. The molecule has 6 nitrogen and oxygen atoms in total. The van der Waals surface area contributed by atoms with E-state index in [1.165, 1.54) is 12.1 Å². The lowest BCUT2D eigenvalue weighted by atomic mass is 10.1. The number of carbonyl (C=O) groups excluding carboxylic acids is 3. The van der Waals surface area contributed by atoms with Crippen LogP contribution in [0.2, 0.25) is 0 Å². The van der Waals surface area contributed by atoms with Gasteiger partial charge in [-0.25, -0.2) is 0 Å². The van der Waals surface area contributed by atoms with Crippen molar-refractivity contribution in [2.75, 3.05) is 5.32 Å². The van der Waals surface area contributed by atoms with E-state index < -0.39 is 23.3 Å². The first-order valence-corrected chi connectivity index (χ1v) is 5.73. The normalized spacial score (nSPS) is 10.7. The Kier molecular flexibility index (Phi) is 4.26. The van der Waals surface area contributed by atoms with Gasteiger partial charge in [-0.3, -0.25) is 14.4 Å². The number of nitrogens with two attached hydrogens (primary N) is 1. The number of para-hydroxylation sites is 1. The number of benzene rings is 1. The van der Waals surface area contributed by atoms with Gasteiger partial charge in [-0.2, -0.15) is 0 Å². The van der Waals surface area contributed by atoms with Crippen LogP contribution in [0, 0.1) is 0 Å². The van der Waals surface area contributed by atoms with Crippen LogP contribution < -0.4 is 16.4 Å². The van der Waals surface area contributed by atoms with Crippen LogP contribution in [-0.2, 0) is 9.59 Å². The Morgan fingerprint density at radius 1 is 1.05 bits per heavy atom. The first kappa shape index (κ1) is 14.7. The lowest BCUT2D eigenvalue weighted by Gasteiger charge is -2.20. The number of carbonyl (C=O) groups is 3. The maximum Gasteiger partial charge on any atom is 0.313 e. The quantitative estimate of drug-likeness (QED) is 0.682. The van der Waals surface area contributed by atoms with Crippen LogP contribution in [0.25, 0.3) is 0 Å². The van der Waals surface area contributed by atoms with Crippen molar-refractivity contribution in [3.63, 3.8) is 0 Å². The third-order valence-electron chi connectivity index (χ3n) is 2.14. The van der Waals surface area contributed by atoms with Gasteiger partial charge in [0.15, 0.2) is 0 Å². The van der Waals surface area contributed by atoms with Gasteiger partial charge in [0.2, 0.25) is 0 Å². The molecule has 0 heterocycles. The van der Waals surface area contributed by atoms with Crippen molar-refractivity contribution >= 4 is 23.4 Å². The fourth-order valence-corrected chi connectivity index (χ4v) is 1.38. The van der Waals surface area contributed by atoms with E-state index in [1.807, 2.05) is 0 Å². The molecule has 0 saturated carbocycles. The summed E-state index contributed by atoms with van der Waals surface area (Å²) in [5, 5.41) is 4.88. The lowest BCUT2D eigenvalue weighted by molar-refractivity contribution is -0.137. The average Bonchev–Trinajstić information content (AvgIpc) is 2.27. The molecule has 0 radical (unpaired) electrons. The van der Waals surface area contributed by atoms with Gasteiger partial charge in [-0.05, 0) is 32.9 Å². The molecule has 4 N–H and O–H groups in total. The van der Waals surface area contributed by atoms with Crippen molar-refractivity contribution in [2.24, 2.45) is 5.73 Å². The molecular formula is C13H17N3O3. The monoisotopic (exact) mass is 263 g/mol. The molecule has 1 rings (SSSR count). The second-order valence-corrected chi connectivity index (χ2v) is 5.07. The number of hydrogen-bond donors (Lipinski definition) is 3. The molecule has 1 aromatic carbocycles. The number of amides is 3. The zero-order valence-corrected chi connectivity index (χ0v) is 11.1. The predicted molar refractivity (Wildman–Crippen MR) is 71.5 cm³/mol. The van der Waals surface area contributed by atoms with E-state index in [1.54, 1.807) is 32.9 Å². The molecule has 0 atom stereocenters. The topological polar surface area (TPSA) is 101 Å². The highest BCUT2D eigenvalue weighted by molar-refractivity contribution is 6.40. The standard InChI is InChI=1S/C13H17N3O3/c1-13(2,3)16-12(19)11(18)15-9-7-5-4-6-8(9)10(14)17/h4-7H,1-3H3,(H2,14,17)(H,15,18)(H,16,19). The molecule has 0 fully saturated rings. The molecule has 6 heteroatoms. The lowest BCUT2D eigenvalue weighted by Crippen LogP contribution is -2.46. The number of hydrogen-bond acceptors (Lipinski definition) is 3. The zero-order valence-electron chi connectivity index (χ0n) is 11.1. The van der Waals surface area contributed by atoms with Crippen molar-refractivity contribution in [3.05, 3.63) is 29.8 Å². The van der Waals surface area contributed by atoms with Crippen LogP contribution in [0.15, 0.2) is 24.3 Å². The largest absolute Gasteiger partial charge is 0.366 e. The van der Waals surface area contributed by atoms with E-state index in [4.69, 9.17) is 5.73 Å². The predicted octanol–water partition coefficient (Wildman–Crippen LogP) is 0.639. The molecule has 0 unspecified atom stereocenters. The SMILES string of the molecule is CC(C)(C)NC(=O)C(=O)Nc1ccccc1C(N)=O. The minimum absolute atomic E-state index is 0.152. The van der Waals surface area contributed by atoms with Crippen molar-refractivity contribution in [3.8, 4) is 0 Å². The Morgan fingerprint density at radius 3 is 2.16 bits per heavy atom. The fourth-order valence-electron chi connectivity index (χ4n) is 1.38. The zero-order chi connectivity index (χ0) is 14.6. The van der Waals surface area contributed by atoms with Crippen LogP contribution in [0.1, 0.15) is 31.1 Å². The first-order chi connectivity index (χ1) is 8.70. The van der Waals surface area contributed by atoms with E-state index in [0.29, 0.717) is 0 Å². The molecule has 0 aliphatic carbocycles. The third kappa shape index (κ3) is 4.42. The summed E-state index contributed by atoms with van der Waals surface area (Å²) in [4.78, 5) is 34.5. The first-order valence-electron chi connectivity index (χ1n) is 5.73. The highest BCUT2D eigenvalue weighted by Gasteiger charge is 2.21.